The van der Waals surface area contributed by atoms with Crippen LogP contribution in [0.1, 0.15) is 61.0 Å². The number of hydrogen-bond donors (Lipinski definition) is 1. The number of carbonyl (C=O) groups is 3. The number of barbiturate groups is 1. The Kier molecular flexibility index (Phi) is 5.93. The van der Waals surface area contributed by atoms with Gasteiger partial charge in [-0.3, -0.25) is 14.9 Å². The molecule has 5 fully saturated rings. The zero-order valence-corrected chi connectivity index (χ0v) is 24.3. The molecule has 1 saturated heterocycles. The first kappa shape index (κ1) is 25.5. The van der Waals surface area contributed by atoms with Gasteiger partial charge in [0.1, 0.15) is 5.57 Å². The molecule has 2 aromatic carbocycles. The van der Waals surface area contributed by atoms with Crippen LogP contribution < -0.4 is 10.2 Å². The summed E-state index contributed by atoms with van der Waals surface area (Å²) < 4.78 is 2.89. The van der Waals surface area contributed by atoms with Gasteiger partial charge in [-0.25, -0.2) is 9.69 Å². The van der Waals surface area contributed by atoms with Crippen LogP contribution in [0.4, 0.5) is 10.5 Å². The van der Waals surface area contributed by atoms with Crippen molar-refractivity contribution < 1.29 is 14.4 Å². The summed E-state index contributed by atoms with van der Waals surface area (Å²) in [5.74, 6) is 1.39. The molecule has 4 bridgehead atoms. The van der Waals surface area contributed by atoms with Crippen LogP contribution in [0.3, 0.4) is 0 Å². The normalized spacial score (nSPS) is 28.5. The minimum Gasteiger partial charge on any atom is -0.318 e. The molecular weight excluding hydrogens is 566 g/mol. The van der Waals surface area contributed by atoms with Crippen molar-refractivity contribution in [1.82, 2.24) is 9.88 Å². The van der Waals surface area contributed by atoms with Crippen LogP contribution in [0.5, 0.6) is 0 Å². The van der Waals surface area contributed by atoms with Crippen molar-refractivity contribution in [2.75, 3.05) is 4.90 Å². The van der Waals surface area contributed by atoms with E-state index >= 15 is 0 Å². The Morgan fingerprint density at radius 3 is 2.15 bits per heavy atom. The molecule has 4 amide bonds. The molecule has 6 nitrogen and oxygen atoms in total. The number of urea groups is 1. The van der Waals surface area contributed by atoms with Crippen molar-refractivity contribution in [2.24, 2.45) is 17.8 Å². The Bertz CT molecular complexity index is 1560. The molecule has 3 aromatic rings. The van der Waals surface area contributed by atoms with Crippen molar-refractivity contribution in [2.45, 2.75) is 57.8 Å². The lowest BCUT2D eigenvalue weighted by atomic mass is 9.48. The number of anilines is 1. The summed E-state index contributed by atoms with van der Waals surface area (Å²) in [6.07, 6.45) is 9.93. The van der Waals surface area contributed by atoms with Gasteiger partial charge in [-0.1, -0.05) is 34.1 Å². The van der Waals surface area contributed by atoms with Crippen LogP contribution in [0.15, 0.2) is 64.6 Å². The fourth-order valence-corrected chi connectivity index (χ4v) is 8.81. The smallest absolute Gasteiger partial charge is 0.318 e. The number of nitrogens with zero attached hydrogens (tertiary/aromatic N) is 2. The summed E-state index contributed by atoms with van der Waals surface area (Å²) >= 11 is 3.38. The van der Waals surface area contributed by atoms with E-state index in [0.29, 0.717) is 11.1 Å². The quantitative estimate of drug-likeness (QED) is 0.260. The number of imide groups is 2. The molecule has 5 aliphatic rings. The van der Waals surface area contributed by atoms with Crippen LogP contribution in [-0.2, 0) is 15.0 Å². The van der Waals surface area contributed by atoms with Gasteiger partial charge in [0, 0.05) is 21.5 Å². The Morgan fingerprint density at radius 2 is 1.52 bits per heavy atom. The molecule has 2 heterocycles. The lowest BCUT2D eigenvalue weighted by Gasteiger charge is -2.57. The van der Waals surface area contributed by atoms with E-state index < -0.39 is 17.8 Å². The fraction of sp³-hybridized carbons (Fsp3) is 0.364. The van der Waals surface area contributed by atoms with E-state index in [1.165, 1.54) is 44.1 Å². The monoisotopic (exact) mass is 597 g/mol. The van der Waals surface area contributed by atoms with Gasteiger partial charge in [0.05, 0.1) is 5.69 Å². The van der Waals surface area contributed by atoms with Gasteiger partial charge in [-0.15, -0.1) is 0 Å². The highest BCUT2D eigenvalue weighted by Gasteiger charge is 2.51. The van der Waals surface area contributed by atoms with Gasteiger partial charge in [-0.05, 0) is 129 Å². The van der Waals surface area contributed by atoms with Crippen LogP contribution in [0.2, 0.25) is 0 Å². The molecule has 0 atom stereocenters. The van der Waals surface area contributed by atoms with Gasteiger partial charge in [0.2, 0.25) is 0 Å². The molecule has 0 spiro atoms. The minimum atomic E-state index is -0.755. The van der Waals surface area contributed by atoms with Crippen molar-refractivity contribution in [1.29, 1.82) is 0 Å². The van der Waals surface area contributed by atoms with Gasteiger partial charge < -0.3 is 4.57 Å². The molecular formula is C33H32BrN3O3. The Labute approximate surface area is 242 Å². The third kappa shape index (κ3) is 4.09. The van der Waals surface area contributed by atoms with Gasteiger partial charge in [0.15, 0.2) is 0 Å². The van der Waals surface area contributed by atoms with Crippen molar-refractivity contribution in [3.8, 4) is 5.69 Å². The average molecular weight is 599 g/mol. The summed E-state index contributed by atoms with van der Waals surface area (Å²) in [4.78, 5) is 39.8. The van der Waals surface area contributed by atoms with Crippen molar-refractivity contribution in [3.05, 3.63) is 87.2 Å². The molecule has 40 heavy (non-hydrogen) atoms. The number of halogens is 1. The van der Waals surface area contributed by atoms with Gasteiger partial charge in [-0.2, -0.15) is 0 Å². The SMILES string of the molecule is Cc1cc(/C=C2\C(=O)NC(=O)N(c3cccc(Br)c3)C2=O)c(C)n1-c1ccc(C23CC4CC(CC(C4)C2)C3)cc1. The Balaban J connectivity index is 1.19. The zero-order valence-electron chi connectivity index (χ0n) is 22.7. The topological polar surface area (TPSA) is 71.4 Å². The molecule has 1 N–H and O–H groups in total. The highest BCUT2D eigenvalue weighted by molar-refractivity contribution is 9.10. The summed E-state index contributed by atoms with van der Waals surface area (Å²) in [5.41, 5.74) is 5.94. The second-order valence-corrected chi connectivity index (χ2v) is 13.3. The number of nitrogens with one attached hydrogen (secondary N) is 1. The minimum absolute atomic E-state index is 0.0722. The Hall–Kier alpha value is -3.45. The largest absolute Gasteiger partial charge is 0.335 e. The first-order valence-electron chi connectivity index (χ1n) is 14.2. The standard InChI is InChI=1S/C33H32BrN3O3/c1-19-10-24(14-29-30(38)35-32(40)37(31(29)39)28-5-3-4-26(34)15-28)20(2)36(19)27-8-6-25(7-9-27)33-16-21-11-22(17-33)13-23(12-21)18-33/h3-10,14-15,21-23H,11-13,16-18H2,1-2H3,(H,35,38,40)/b29-14+. The maximum absolute atomic E-state index is 13.4. The highest BCUT2D eigenvalue weighted by Crippen LogP contribution is 2.60. The summed E-state index contributed by atoms with van der Waals surface area (Å²) in [5, 5.41) is 2.32. The zero-order chi connectivity index (χ0) is 27.8. The van der Waals surface area contributed by atoms with E-state index in [-0.39, 0.29) is 5.57 Å². The third-order valence-electron chi connectivity index (χ3n) is 9.71. The molecule has 0 unspecified atom stereocenters. The predicted octanol–water partition coefficient (Wildman–Crippen LogP) is 6.99. The lowest BCUT2D eigenvalue weighted by molar-refractivity contribution is -0.122. The number of aromatic nitrogens is 1. The second kappa shape index (κ2) is 9.30. The maximum Gasteiger partial charge on any atom is 0.335 e. The predicted molar refractivity (Wildman–Crippen MR) is 158 cm³/mol. The number of carbonyl (C=O) groups excluding carboxylic acids is 3. The third-order valence-corrected chi connectivity index (χ3v) is 10.2. The van der Waals surface area contributed by atoms with E-state index in [4.69, 9.17) is 0 Å². The first-order valence-corrected chi connectivity index (χ1v) is 15.0. The van der Waals surface area contributed by atoms with E-state index in [1.54, 1.807) is 24.3 Å². The number of amides is 4. The van der Waals surface area contributed by atoms with Crippen molar-refractivity contribution in [3.63, 3.8) is 0 Å². The molecule has 4 saturated carbocycles. The van der Waals surface area contributed by atoms with Crippen molar-refractivity contribution >= 4 is 45.5 Å². The van der Waals surface area contributed by atoms with Gasteiger partial charge >= 0.3 is 6.03 Å². The molecule has 1 aliphatic heterocycles. The van der Waals surface area contributed by atoms with Crippen LogP contribution in [0, 0.1) is 31.6 Å². The van der Waals surface area contributed by atoms with E-state index in [1.807, 2.05) is 26.0 Å². The van der Waals surface area contributed by atoms with Crippen LogP contribution in [-0.4, -0.2) is 22.4 Å². The molecule has 7 heteroatoms. The number of aryl methyl sites for hydroxylation is 1. The number of benzene rings is 2. The van der Waals surface area contributed by atoms with Gasteiger partial charge in [0.25, 0.3) is 11.8 Å². The Morgan fingerprint density at radius 1 is 0.875 bits per heavy atom. The maximum atomic E-state index is 13.4. The summed E-state index contributed by atoms with van der Waals surface area (Å²) in [7, 11) is 0. The number of rotatable bonds is 4. The molecule has 204 valence electrons. The molecule has 8 rings (SSSR count). The van der Waals surface area contributed by atoms with E-state index in [2.05, 4.69) is 50.1 Å². The average Bonchev–Trinajstić information content (AvgIpc) is 3.18. The van der Waals surface area contributed by atoms with Crippen LogP contribution in [0.25, 0.3) is 11.8 Å². The van der Waals surface area contributed by atoms with Crippen LogP contribution >= 0.6 is 15.9 Å². The second-order valence-electron chi connectivity index (χ2n) is 12.3. The lowest BCUT2D eigenvalue weighted by Crippen LogP contribution is -2.54. The molecule has 1 aromatic heterocycles. The highest BCUT2D eigenvalue weighted by atomic mass is 79.9. The summed E-state index contributed by atoms with van der Waals surface area (Å²) in [6, 6.07) is 17.2. The first-order chi connectivity index (χ1) is 19.2. The van der Waals surface area contributed by atoms with E-state index in [9.17, 15) is 14.4 Å². The molecule has 0 radical (unpaired) electrons. The fourth-order valence-electron chi connectivity index (χ4n) is 8.42. The number of hydrogen-bond acceptors (Lipinski definition) is 3. The van der Waals surface area contributed by atoms with E-state index in [0.717, 1.165) is 49.8 Å². The molecule has 4 aliphatic carbocycles. The summed E-state index contributed by atoms with van der Waals surface area (Å²) in [6.45, 7) is 4.02.